The number of hydrogen-bond acceptors (Lipinski definition) is 3. The zero-order valence-corrected chi connectivity index (χ0v) is 23.9. The van der Waals surface area contributed by atoms with Gasteiger partial charge >= 0.3 is 0 Å². The summed E-state index contributed by atoms with van der Waals surface area (Å²) in [5.74, 6) is -0.129. The summed E-state index contributed by atoms with van der Waals surface area (Å²) in [7, 11) is 8.13. The van der Waals surface area contributed by atoms with Gasteiger partial charge in [-0.15, -0.1) is 0 Å². The molecule has 0 bridgehead atoms. The molecule has 0 heterocycles. The summed E-state index contributed by atoms with van der Waals surface area (Å²) in [6.07, 6.45) is 9.66. The van der Waals surface area contributed by atoms with Gasteiger partial charge in [0.25, 0.3) is 0 Å². The van der Waals surface area contributed by atoms with Crippen molar-refractivity contribution in [1.29, 1.82) is 0 Å². The smallest absolute Gasteiger partial charge is 0.220 e. The van der Waals surface area contributed by atoms with E-state index in [0.29, 0.717) is 12.1 Å². The van der Waals surface area contributed by atoms with Crippen molar-refractivity contribution < 1.29 is 14.2 Å². The minimum atomic E-state index is -0.0983. The molecule has 3 aromatic rings. The fourth-order valence-corrected chi connectivity index (χ4v) is 4.63. The third-order valence-electron chi connectivity index (χ3n) is 7.00. The van der Waals surface area contributed by atoms with Gasteiger partial charge in [-0.25, -0.2) is 4.58 Å². The Bertz CT molecular complexity index is 1440. The van der Waals surface area contributed by atoms with Crippen LogP contribution in [-0.2, 0) is 11.2 Å². The van der Waals surface area contributed by atoms with E-state index in [1.165, 1.54) is 5.56 Å². The predicted octanol–water partition coefficient (Wildman–Crippen LogP) is 5.72. The summed E-state index contributed by atoms with van der Waals surface area (Å²) in [6.45, 7) is 0.565. The van der Waals surface area contributed by atoms with Crippen molar-refractivity contribution in [1.82, 2.24) is 5.32 Å². The molecule has 5 heteroatoms. The van der Waals surface area contributed by atoms with Gasteiger partial charge in [0, 0.05) is 56.9 Å². The van der Waals surface area contributed by atoms with Gasteiger partial charge in [-0.3, -0.25) is 9.59 Å². The second-order valence-electron chi connectivity index (χ2n) is 10.3. The van der Waals surface area contributed by atoms with Crippen LogP contribution in [0.4, 0.5) is 5.69 Å². The molecule has 0 radical (unpaired) electrons. The fourth-order valence-electron chi connectivity index (χ4n) is 4.63. The highest BCUT2D eigenvalue weighted by Crippen LogP contribution is 2.31. The maximum absolute atomic E-state index is 12.9. The minimum Gasteiger partial charge on any atom is -0.378 e. The monoisotopic (exact) mass is 532 g/mol. The van der Waals surface area contributed by atoms with Gasteiger partial charge in [0.1, 0.15) is 14.1 Å². The standard InChI is InChI=1S/C35H37N3O2/c1-37(2)31-18-14-29(15-19-31)35(30-16-20-32(21-17-30)38(3)4)28-12-10-27(11-13-28)33(39)22-23-34(40)36-25-24-26-8-6-5-7-9-26/h5-21H,22-25H2,1-4H3/p+1. The number of nitrogens with one attached hydrogen (secondary N) is 1. The number of amides is 1. The van der Waals surface area contributed by atoms with Gasteiger partial charge < -0.3 is 10.2 Å². The van der Waals surface area contributed by atoms with Gasteiger partial charge in [0.05, 0.1) is 0 Å². The quantitative estimate of drug-likeness (QED) is 0.269. The third-order valence-corrected chi connectivity index (χ3v) is 7.00. The average molecular weight is 533 g/mol. The van der Waals surface area contributed by atoms with E-state index in [4.69, 9.17) is 0 Å². The number of carbonyl (C=O) groups is 2. The number of ketones is 1. The van der Waals surface area contributed by atoms with E-state index in [1.807, 2.05) is 82.8 Å². The predicted molar refractivity (Wildman–Crippen MR) is 165 cm³/mol. The number of benzene rings is 3. The number of nitrogens with zero attached hydrogens (tertiary/aromatic N) is 2. The molecule has 0 aromatic heterocycles. The number of allylic oxidation sites excluding steroid dienone is 5. The molecule has 5 nitrogen and oxygen atoms in total. The minimum absolute atomic E-state index is 0.0306. The Morgan fingerprint density at radius 3 is 1.88 bits per heavy atom. The van der Waals surface area contributed by atoms with Crippen molar-refractivity contribution in [2.75, 3.05) is 39.6 Å². The maximum Gasteiger partial charge on any atom is 0.220 e. The van der Waals surface area contributed by atoms with E-state index in [-0.39, 0.29) is 24.5 Å². The average Bonchev–Trinajstić information content (AvgIpc) is 2.97. The van der Waals surface area contributed by atoms with Crippen molar-refractivity contribution in [2.45, 2.75) is 19.3 Å². The Labute approximate surface area is 237 Å². The molecular weight excluding hydrogens is 494 g/mol. The van der Waals surface area contributed by atoms with Gasteiger partial charge in [0.2, 0.25) is 5.91 Å². The topological polar surface area (TPSA) is 52.4 Å². The molecule has 0 spiro atoms. The SMILES string of the molecule is CN(C)c1ccc(C(=C2C=CC(=[N+](C)C)C=C2)c2ccc(C(=O)CCC(=O)NCCc3ccccc3)cc2)cc1. The van der Waals surface area contributed by atoms with Crippen LogP contribution in [0.5, 0.6) is 0 Å². The first-order valence-electron chi connectivity index (χ1n) is 13.7. The summed E-state index contributed by atoms with van der Waals surface area (Å²) in [5, 5.41) is 2.92. The summed E-state index contributed by atoms with van der Waals surface area (Å²) in [6, 6.07) is 26.3. The van der Waals surface area contributed by atoms with Crippen LogP contribution in [0.1, 0.15) is 39.9 Å². The first-order valence-corrected chi connectivity index (χ1v) is 13.7. The Balaban J connectivity index is 1.46. The lowest BCUT2D eigenvalue weighted by Crippen LogP contribution is -2.26. The Morgan fingerprint density at radius 1 is 0.725 bits per heavy atom. The van der Waals surface area contributed by atoms with Crippen LogP contribution >= 0.6 is 0 Å². The molecular formula is C35H38N3O2+. The molecule has 1 amide bonds. The Morgan fingerprint density at radius 2 is 1.30 bits per heavy atom. The molecule has 1 N–H and O–H groups in total. The summed E-state index contributed by atoms with van der Waals surface area (Å²) >= 11 is 0. The van der Waals surface area contributed by atoms with Gasteiger partial charge in [0.15, 0.2) is 11.5 Å². The van der Waals surface area contributed by atoms with E-state index >= 15 is 0 Å². The highest BCUT2D eigenvalue weighted by atomic mass is 16.2. The number of hydrogen-bond donors (Lipinski definition) is 1. The van der Waals surface area contributed by atoms with Crippen LogP contribution in [0.2, 0.25) is 0 Å². The first-order chi connectivity index (χ1) is 19.3. The zero-order chi connectivity index (χ0) is 28.5. The van der Waals surface area contributed by atoms with Crippen LogP contribution in [0.3, 0.4) is 0 Å². The van der Waals surface area contributed by atoms with Gasteiger partial charge in [-0.05, 0) is 58.5 Å². The normalized spacial score (nSPS) is 12.3. The lowest BCUT2D eigenvalue weighted by molar-refractivity contribution is -0.462. The van der Waals surface area contributed by atoms with E-state index in [1.54, 1.807) is 0 Å². The maximum atomic E-state index is 12.9. The van der Waals surface area contributed by atoms with Crippen LogP contribution in [0.25, 0.3) is 5.57 Å². The van der Waals surface area contributed by atoms with Crippen molar-refractivity contribution in [3.63, 3.8) is 0 Å². The fraction of sp³-hybridized carbons (Fsp3) is 0.229. The highest BCUT2D eigenvalue weighted by Gasteiger charge is 2.15. The molecule has 3 aromatic carbocycles. The molecule has 0 fully saturated rings. The molecule has 204 valence electrons. The van der Waals surface area contributed by atoms with Gasteiger partial charge in [-0.1, -0.05) is 66.7 Å². The lowest BCUT2D eigenvalue weighted by atomic mass is 9.90. The van der Waals surface area contributed by atoms with Crippen LogP contribution < -0.4 is 10.2 Å². The van der Waals surface area contributed by atoms with Crippen LogP contribution in [-0.4, -0.2) is 56.7 Å². The first kappa shape index (κ1) is 28.5. The van der Waals surface area contributed by atoms with E-state index < -0.39 is 0 Å². The number of carbonyl (C=O) groups excluding carboxylic acids is 2. The summed E-state index contributed by atoms with van der Waals surface area (Å²) < 4.78 is 2.08. The molecule has 0 saturated heterocycles. The molecule has 4 rings (SSSR count). The van der Waals surface area contributed by atoms with Gasteiger partial charge in [-0.2, -0.15) is 0 Å². The van der Waals surface area contributed by atoms with Crippen LogP contribution in [0.15, 0.2) is 109 Å². The van der Waals surface area contributed by atoms with Crippen molar-refractivity contribution in [2.24, 2.45) is 0 Å². The van der Waals surface area contributed by atoms with Crippen LogP contribution in [0, 0.1) is 0 Å². The Kier molecular flexibility index (Phi) is 9.63. The van der Waals surface area contributed by atoms with E-state index in [9.17, 15) is 9.59 Å². The van der Waals surface area contributed by atoms with Crippen molar-refractivity contribution >= 4 is 28.7 Å². The Hall–Kier alpha value is -4.51. The third kappa shape index (κ3) is 7.54. The molecule has 0 aliphatic heterocycles. The van der Waals surface area contributed by atoms with E-state index in [2.05, 4.69) is 63.4 Å². The van der Waals surface area contributed by atoms with E-state index in [0.717, 1.165) is 40.1 Å². The highest BCUT2D eigenvalue weighted by molar-refractivity contribution is 6.04. The number of rotatable bonds is 10. The lowest BCUT2D eigenvalue weighted by Gasteiger charge is -2.17. The van der Waals surface area contributed by atoms with Crippen molar-refractivity contribution in [3.8, 4) is 0 Å². The summed E-state index contributed by atoms with van der Waals surface area (Å²) in [5.41, 5.74) is 8.41. The second-order valence-corrected chi connectivity index (χ2v) is 10.3. The zero-order valence-electron chi connectivity index (χ0n) is 23.9. The molecule has 1 aliphatic rings. The number of Topliss-reactive ketones (excluding diaryl/α,β-unsaturated/α-hetero) is 1. The largest absolute Gasteiger partial charge is 0.378 e. The molecule has 0 saturated carbocycles. The molecule has 0 unspecified atom stereocenters. The summed E-state index contributed by atoms with van der Waals surface area (Å²) in [4.78, 5) is 27.2. The van der Waals surface area contributed by atoms with Crippen molar-refractivity contribution in [3.05, 3.63) is 131 Å². The number of anilines is 1. The molecule has 1 aliphatic carbocycles. The second kappa shape index (κ2) is 13.5. The molecule has 0 atom stereocenters. The molecule has 40 heavy (non-hydrogen) atoms.